The number of nitrogens with two attached hydrogens (primary N) is 1. The first-order chi connectivity index (χ1) is 6.31. The second-order valence-corrected chi connectivity index (χ2v) is 3.31. The second-order valence-electron chi connectivity index (χ2n) is 3.31. The van der Waals surface area contributed by atoms with Crippen molar-refractivity contribution in [3.63, 3.8) is 0 Å². The number of carbonyl (C=O) groups is 1. The van der Waals surface area contributed by atoms with Crippen molar-refractivity contribution in [2.45, 2.75) is 12.8 Å². The highest BCUT2D eigenvalue weighted by molar-refractivity contribution is 5.74. The van der Waals surface area contributed by atoms with Gasteiger partial charge in [-0.2, -0.15) is 5.90 Å². The largest absolute Gasteiger partial charge is 0.373 e. The van der Waals surface area contributed by atoms with Crippen molar-refractivity contribution < 1.29 is 9.63 Å². The van der Waals surface area contributed by atoms with Crippen molar-refractivity contribution >= 4 is 5.97 Å². The van der Waals surface area contributed by atoms with Gasteiger partial charge in [0.05, 0.1) is 5.92 Å². The monoisotopic (exact) mass is 177 g/mol. The van der Waals surface area contributed by atoms with E-state index < -0.39 is 0 Å². The van der Waals surface area contributed by atoms with Crippen LogP contribution in [0, 0.1) is 5.92 Å². The van der Waals surface area contributed by atoms with Gasteiger partial charge in [-0.1, -0.05) is 24.3 Å². The van der Waals surface area contributed by atoms with Crippen molar-refractivity contribution in [1.29, 1.82) is 0 Å². The molecule has 0 heterocycles. The van der Waals surface area contributed by atoms with Crippen molar-refractivity contribution in [3.05, 3.63) is 35.4 Å². The summed E-state index contributed by atoms with van der Waals surface area (Å²) >= 11 is 0. The van der Waals surface area contributed by atoms with Crippen LogP contribution in [0.5, 0.6) is 0 Å². The van der Waals surface area contributed by atoms with Crippen LogP contribution in [0.1, 0.15) is 11.1 Å². The highest BCUT2D eigenvalue weighted by atomic mass is 16.7. The summed E-state index contributed by atoms with van der Waals surface area (Å²) in [6, 6.07) is 8.04. The fourth-order valence-electron chi connectivity index (χ4n) is 1.82. The predicted octanol–water partition coefficient (Wildman–Crippen LogP) is 0.818. The molecule has 1 aliphatic rings. The zero-order valence-corrected chi connectivity index (χ0v) is 7.19. The Bertz CT molecular complexity index is 310. The van der Waals surface area contributed by atoms with E-state index in [9.17, 15) is 4.79 Å². The molecule has 0 aromatic heterocycles. The Labute approximate surface area is 76.5 Å². The standard InChI is InChI=1S/C10H11NO2/c11-13-10(12)9-5-7-3-1-2-4-8(7)6-9/h1-4,9H,5-6,11H2. The summed E-state index contributed by atoms with van der Waals surface area (Å²) < 4.78 is 0. The summed E-state index contributed by atoms with van der Waals surface area (Å²) in [4.78, 5) is 15.4. The molecule has 0 amide bonds. The molecule has 1 aliphatic carbocycles. The minimum atomic E-state index is -0.309. The molecule has 1 aromatic rings. The molecular formula is C10H11NO2. The average molecular weight is 177 g/mol. The first kappa shape index (κ1) is 8.26. The van der Waals surface area contributed by atoms with Gasteiger partial charge in [0.1, 0.15) is 0 Å². The van der Waals surface area contributed by atoms with E-state index in [1.807, 2.05) is 24.3 Å². The number of fused-ring (bicyclic) bond motifs is 1. The maximum absolute atomic E-state index is 11.1. The topological polar surface area (TPSA) is 52.3 Å². The maximum Gasteiger partial charge on any atom is 0.328 e. The van der Waals surface area contributed by atoms with E-state index in [1.54, 1.807) is 0 Å². The molecule has 0 unspecified atom stereocenters. The van der Waals surface area contributed by atoms with Gasteiger partial charge in [0.2, 0.25) is 0 Å². The number of carbonyl (C=O) groups excluding carboxylic acids is 1. The average Bonchev–Trinajstić information content (AvgIpc) is 2.59. The second kappa shape index (κ2) is 3.18. The Morgan fingerprint density at radius 2 is 1.85 bits per heavy atom. The number of rotatable bonds is 1. The molecule has 0 atom stereocenters. The normalized spacial score (nSPS) is 15.5. The molecule has 0 radical (unpaired) electrons. The molecular weight excluding hydrogens is 166 g/mol. The summed E-state index contributed by atoms with van der Waals surface area (Å²) in [7, 11) is 0. The molecule has 3 heteroatoms. The van der Waals surface area contributed by atoms with E-state index in [4.69, 9.17) is 5.90 Å². The molecule has 0 saturated heterocycles. The van der Waals surface area contributed by atoms with Crippen LogP contribution in [0.3, 0.4) is 0 Å². The maximum atomic E-state index is 11.1. The molecule has 0 spiro atoms. The summed E-state index contributed by atoms with van der Waals surface area (Å²) in [6.07, 6.45) is 1.51. The number of hydrogen-bond acceptors (Lipinski definition) is 3. The van der Waals surface area contributed by atoms with Gasteiger partial charge in [-0.3, -0.25) is 4.79 Å². The zero-order valence-electron chi connectivity index (χ0n) is 7.19. The van der Waals surface area contributed by atoms with E-state index >= 15 is 0 Å². The molecule has 2 rings (SSSR count). The fourth-order valence-corrected chi connectivity index (χ4v) is 1.82. The van der Waals surface area contributed by atoms with E-state index in [0.29, 0.717) is 0 Å². The van der Waals surface area contributed by atoms with Gasteiger partial charge in [-0.15, -0.1) is 0 Å². The minimum Gasteiger partial charge on any atom is -0.373 e. The quantitative estimate of drug-likeness (QED) is 0.646. The third kappa shape index (κ3) is 1.42. The summed E-state index contributed by atoms with van der Waals surface area (Å²) in [6.45, 7) is 0. The summed E-state index contributed by atoms with van der Waals surface area (Å²) in [5, 5.41) is 0. The summed E-state index contributed by atoms with van der Waals surface area (Å²) in [5.41, 5.74) is 2.47. The minimum absolute atomic E-state index is 0.0811. The Kier molecular flexibility index (Phi) is 2.02. The SMILES string of the molecule is NOC(=O)C1Cc2ccccc2C1. The van der Waals surface area contributed by atoms with Crippen LogP contribution in [0.15, 0.2) is 24.3 Å². The molecule has 68 valence electrons. The van der Waals surface area contributed by atoms with E-state index in [2.05, 4.69) is 4.84 Å². The van der Waals surface area contributed by atoms with Gasteiger partial charge < -0.3 is 4.84 Å². The van der Waals surface area contributed by atoms with Gasteiger partial charge in [-0.05, 0) is 24.0 Å². The van der Waals surface area contributed by atoms with Crippen molar-refractivity contribution in [2.75, 3.05) is 0 Å². The van der Waals surface area contributed by atoms with Gasteiger partial charge >= 0.3 is 5.97 Å². The first-order valence-electron chi connectivity index (χ1n) is 4.28. The third-order valence-electron chi connectivity index (χ3n) is 2.50. The van der Waals surface area contributed by atoms with E-state index in [-0.39, 0.29) is 11.9 Å². The zero-order chi connectivity index (χ0) is 9.26. The van der Waals surface area contributed by atoms with Crippen molar-refractivity contribution in [3.8, 4) is 0 Å². The van der Waals surface area contributed by atoms with Crippen LogP contribution in [-0.4, -0.2) is 5.97 Å². The molecule has 0 saturated carbocycles. The van der Waals surface area contributed by atoms with Crippen molar-refractivity contribution in [1.82, 2.24) is 0 Å². The smallest absolute Gasteiger partial charge is 0.328 e. The first-order valence-corrected chi connectivity index (χ1v) is 4.28. The van der Waals surface area contributed by atoms with Gasteiger partial charge in [-0.25, -0.2) is 0 Å². The van der Waals surface area contributed by atoms with Crippen LogP contribution in [0.4, 0.5) is 0 Å². The van der Waals surface area contributed by atoms with Crippen molar-refractivity contribution in [2.24, 2.45) is 11.8 Å². The fraction of sp³-hybridized carbons (Fsp3) is 0.300. The highest BCUT2D eigenvalue weighted by Crippen LogP contribution is 2.26. The molecule has 1 aromatic carbocycles. The van der Waals surface area contributed by atoms with Crippen LogP contribution in [0.2, 0.25) is 0 Å². The molecule has 3 nitrogen and oxygen atoms in total. The Hall–Kier alpha value is -1.35. The van der Waals surface area contributed by atoms with Gasteiger partial charge in [0, 0.05) is 0 Å². The van der Waals surface area contributed by atoms with Gasteiger partial charge in [0.15, 0.2) is 0 Å². The lowest BCUT2D eigenvalue weighted by atomic mass is 10.1. The Morgan fingerprint density at radius 3 is 2.31 bits per heavy atom. The molecule has 0 fully saturated rings. The molecule has 0 bridgehead atoms. The predicted molar refractivity (Wildman–Crippen MR) is 47.6 cm³/mol. The van der Waals surface area contributed by atoms with E-state index in [0.717, 1.165) is 12.8 Å². The highest BCUT2D eigenvalue weighted by Gasteiger charge is 2.27. The third-order valence-corrected chi connectivity index (χ3v) is 2.50. The Morgan fingerprint density at radius 1 is 1.31 bits per heavy atom. The lowest BCUT2D eigenvalue weighted by Crippen LogP contribution is -2.20. The molecule has 2 N–H and O–H groups in total. The number of hydrogen-bond donors (Lipinski definition) is 1. The van der Waals surface area contributed by atoms with Crippen LogP contribution >= 0.6 is 0 Å². The molecule has 0 aliphatic heterocycles. The lowest BCUT2D eigenvalue weighted by Gasteiger charge is -2.03. The number of benzene rings is 1. The van der Waals surface area contributed by atoms with E-state index in [1.165, 1.54) is 11.1 Å². The van der Waals surface area contributed by atoms with Gasteiger partial charge in [0.25, 0.3) is 0 Å². The van der Waals surface area contributed by atoms with Crippen LogP contribution in [0.25, 0.3) is 0 Å². The summed E-state index contributed by atoms with van der Waals surface area (Å²) in [5.74, 6) is 4.45. The van der Waals surface area contributed by atoms with Crippen LogP contribution < -0.4 is 5.90 Å². The lowest BCUT2D eigenvalue weighted by molar-refractivity contribution is -0.148. The Balaban J connectivity index is 2.18. The van der Waals surface area contributed by atoms with Crippen LogP contribution in [-0.2, 0) is 22.5 Å². The molecule has 13 heavy (non-hydrogen) atoms.